The smallest absolute Gasteiger partial charge is 0.141 e. The molecular formula is C17H19NO. The Balaban J connectivity index is 1.73. The summed E-state index contributed by atoms with van der Waals surface area (Å²) in [7, 11) is 1.71. The topological polar surface area (TPSA) is 21.3 Å². The summed E-state index contributed by atoms with van der Waals surface area (Å²) in [5.41, 5.74) is 2.84. The van der Waals surface area contributed by atoms with E-state index >= 15 is 0 Å². The molecule has 0 bridgehead atoms. The van der Waals surface area contributed by atoms with Crippen LogP contribution in [0.25, 0.3) is 0 Å². The van der Waals surface area contributed by atoms with Crippen LogP contribution in [-0.2, 0) is 5.41 Å². The first-order valence-electron chi connectivity index (χ1n) is 6.76. The van der Waals surface area contributed by atoms with Crippen LogP contribution in [0.4, 0.5) is 5.69 Å². The molecule has 0 radical (unpaired) electrons. The van der Waals surface area contributed by atoms with E-state index in [1.54, 1.807) is 7.11 Å². The quantitative estimate of drug-likeness (QED) is 0.874. The minimum Gasteiger partial charge on any atom is -0.495 e. The van der Waals surface area contributed by atoms with Crippen molar-refractivity contribution in [2.75, 3.05) is 19.0 Å². The summed E-state index contributed by atoms with van der Waals surface area (Å²) in [6.07, 6.45) is 2.53. The molecule has 3 rings (SSSR count). The third-order valence-corrected chi connectivity index (χ3v) is 3.96. The van der Waals surface area contributed by atoms with Gasteiger partial charge in [-0.25, -0.2) is 0 Å². The van der Waals surface area contributed by atoms with Crippen LogP contribution in [0.1, 0.15) is 18.4 Å². The van der Waals surface area contributed by atoms with Gasteiger partial charge in [-0.3, -0.25) is 0 Å². The van der Waals surface area contributed by atoms with Gasteiger partial charge in [0.2, 0.25) is 0 Å². The van der Waals surface area contributed by atoms with Gasteiger partial charge in [0, 0.05) is 12.0 Å². The number of para-hydroxylation sites is 2. The predicted molar refractivity (Wildman–Crippen MR) is 78.8 cm³/mol. The Morgan fingerprint density at radius 1 is 1.00 bits per heavy atom. The number of nitrogens with one attached hydrogen (secondary N) is 1. The van der Waals surface area contributed by atoms with Crippen LogP contribution < -0.4 is 10.1 Å². The standard InChI is InChI=1S/C17H19NO/c1-19-16-10-6-5-9-15(16)18-13-17(11-12-17)14-7-3-2-4-8-14/h2-10,18H,11-13H2,1H3. The fourth-order valence-electron chi connectivity index (χ4n) is 2.57. The Morgan fingerprint density at radius 2 is 1.68 bits per heavy atom. The van der Waals surface area contributed by atoms with Crippen LogP contribution in [0.15, 0.2) is 54.6 Å². The average Bonchev–Trinajstić information content (AvgIpc) is 3.27. The highest BCUT2D eigenvalue weighted by Crippen LogP contribution is 2.48. The molecule has 0 heterocycles. The van der Waals surface area contributed by atoms with Gasteiger partial charge in [0.05, 0.1) is 12.8 Å². The summed E-state index contributed by atoms with van der Waals surface area (Å²) in [6, 6.07) is 18.9. The maximum atomic E-state index is 5.37. The minimum atomic E-state index is 0.322. The van der Waals surface area contributed by atoms with Gasteiger partial charge in [0.25, 0.3) is 0 Å². The van der Waals surface area contributed by atoms with Crippen molar-refractivity contribution in [3.05, 3.63) is 60.2 Å². The van der Waals surface area contributed by atoms with Crippen LogP contribution in [0.3, 0.4) is 0 Å². The Labute approximate surface area is 114 Å². The zero-order valence-corrected chi connectivity index (χ0v) is 11.2. The predicted octanol–water partition coefficient (Wildman–Crippen LogP) is 3.84. The lowest BCUT2D eigenvalue weighted by Crippen LogP contribution is -2.19. The Morgan fingerprint density at radius 3 is 2.37 bits per heavy atom. The molecule has 2 nitrogen and oxygen atoms in total. The molecule has 1 aliphatic carbocycles. The largest absolute Gasteiger partial charge is 0.495 e. The molecule has 19 heavy (non-hydrogen) atoms. The van der Waals surface area contributed by atoms with E-state index in [-0.39, 0.29) is 0 Å². The number of benzene rings is 2. The second-order valence-corrected chi connectivity index (χ2v) is 5.20. The van der Waals surface area contributed by atoms with Gasteiger partial charge in [-0.1, -0.05) is 42.5 Å². The summed E-state index contributed by atoms with van der Waals surface area (Å²) in [6.45, 7) is 0.970. The summed E-state index contributed by atoms with van der Waals surface area (Å²) in [5.74, 6) is 0.909. The number of hydrogen-bond donors (Lipinski definition) is 1. The summed E-state index contributed by atoms with van der Waals surface area (Å²) < 4.78 is 5.37. The highest BCUT2D eigenvalue weighted by atomic mass is 16.5. The van der Waals surface area contributed by atoms with Gasteiger partial charge >= 0.3 is 0 Å². The molecule has 1 fully saturated rings. The fourth-order valence-corrected chi connectivity index (χ4v) is 2.57. The second-order valence-electron chi connectivity index (χ2n) is 5.20. The highest BCUT2D eigenvalue weighted by Gasteiger charge is 2.43. The molecule has 0 aromatic heterocycles. The normalized spacial score (nSPS) is 15.8. The van der Waals surface area contributed by atoms with Crippen molar-refractivity contribution in [3.8, 4) is 5.75 Å². The van der Waals surface area contributed by atoms with Gasteiger partial charge in [0.15, 0.2) is 0 Å². The van der Waals surface area contributed by atoms with Crippen molar-refractivity contribution >= 4 is 5.69 Å². The van der Waals surface area contributed by atoms with E-state index in [1.165, 1.54) is 18.4 Å². The van der Waals surface area contributed by atoms with Crippen LogP contribution in [0, 0.1) is 0 Å². The zero-order chi connectivity index (χ0) is 13.1. The molecule has 0 atom stereocenters. The van der Waals surface area contributed by atoms with E-state index < -0.39 is 0 Å². The van der Waals surface area contributed by atoms with E-state index in [0.717, 1.165) is 18.0 Å². The summed E-state index contributed by atoms with van der Waals surface area (Å²) in [5, 5.41) is 3.54. The van der Waals surface area contributed by atoms with Crippen LogP contribution in [0.5, 0.6) is 5.75 Å². The summed E-state index contributed by atoms with van der Waals surface area (Å²) >= 11 is 0. The molecule has 98 valence electrons. The Bertz CT molecular complexity index is 546. The number of anilines is 1. The number of ether oxygens (including phenoxy) is 1. The molecule has 0 aliphatic heterocycles. The molecule has 0 spiro atoms. The SMILES string of the molecule is COc1ccccc1NCC1(c2ccccc2)CC1. The van der Waals surface area contributed by atoms with Crippen molar-refractivity contribution in [2.45, 2.75) is 18.3 Å². The molecule has 2 heteroatoms. The van der Waals surface area contributed by atoms with Crippen LogP contribution >= 0.6 is 0 Å². The minimum absolute atomic E-state index is 0.322. The molecule has 2 aromatic carbocycles. The van der Waals surface area contributed by atoms with Crippen molar-refractivity contribution in [1.29, 1.82) is 0 Å². The molecule has 0 unspecified atom stereocenters. The monoisotopic (exact) mass is 253 g/mol. The van der Waals surface area contributed by atoms with E-state index in [9.17, 15) is 0 Å². The number of hydrogen-bond acceptors (Lipinski definition) is 2. The fraction of sp³-hybridized carbons (Fsp3) is 0.294. The van der Waals surface area contributed by atoms with Gasteiger partial charge in [0.1, 0.15) is 5.75 Å². The molecule has 0 amide bonds. The lowest BCUT2D eigenvalue weighted by Gasteiger charge is -2.18. The first-order chi connectivity index (χ1) is 9.34. The highest BCUT2D eigenvalue weighted by molar-refractivity contribution is 5.57. The van der Waals surface area contributed by atoms with E-state index in [1.807, 2.05) is 18.2 Å². The molecule has 1 N–H and O–H groups in total. The van der Waals surface area contributed by atoms with Crippen LogP contribution in [-0.4, -0.2) is 13.7 Å². The Hall–Kier alpha value is -1.96. The summed E-state index contributed by atoms with van der Waals surface area (Å²) in [4.78, 5) is 0. The van der Waals surface area contributed by atoms with Gasteiger partial charge in [-0.2, -0.15) is 0 Å². The first kappa shape index (κ1) is 12.1. The number of methoxy groups -OCH3 is 1. The Kier molecular flexibility index (Phi) is 3.16. The zero-order valence-electron chi connectivity index (χ0n) is 11.2. The average molecular weight is 253 g/mol. The van der Waals surface area contributed by atoms with Crippen LogP contribution in [0.2, 0.25) is 0 Å². The first-order valence-corrected chi connectivity index (χ1v) is 6.76. The molecule has 1 saturated carbocycles. The van der Waals surface area contributed by atoms with E-state index in [2.05, 4.69) is 41.7 Å². The third kappa shape index (κ3) is 2.43. The molecular weight excluding hydrogens is 234 g/mol. The van der Waals surface area contributed by atoms with Crippen molar-refractivity contribution in [2.24, 2.45) is 0 Å². The maximum absolute atomic E-state index is 5.37. The van der Waals surface area contributed by atoms with Gasteiger partial charge < -0.3 is 10.1 Å². The second kappa shape index (κ2) is 4.96. The van der Waals surface area contributed by atoms with Crippen molar-refractivity contribution in [3.63, 3.8) is 0 Å². The van der Waals surface area contributed by atoms with Gasteiger partial charge in [-0.05, 0) is 30.5 Å². The molecule has 0 saturated heterocycles. The van der Waals surface area contributed by atoms with E-state index in [4.69, 9.17) is 4.74 Å². The third-order valence-electron chi connectivity index (χ3n) is 3.96. The lowest BCUT2D eigenvalue weighted by atomic mass is 9.96. The van der Waals surface area contributed by atoms with E-state index in [0.29, 0.717) is 5.41 Å². The van der Waals surface area contributed by atoms with Gasteiger partial charge in [-0.15, -0.1) is 0 Å². The number of rotatable bonds is 5. The van der Waals surface area contributed by atoms with Crippen molar-refractivity contribution < 1.29 is 4.74 Å². The maximum Gasteiger partial charge on any atom is 0.141 e. The molecule has 2 aromatic rings. The molecule has 1 aliphatic rings. The van der Waals surface area contributed by atoms with Crippen molar-refractivity contribution in [1.82, 2.24) is 0 Å². The lowest BCUT2D eigenvalue weighted by molar-refractivity contribution is 0.416.